The van der Waals surface area contributed by atoms with E-state index in [9.17, 15) is 14.3 Å². The number of fused-ring (bicyclic) bond motifs is 1. The van der Waals surface area contributed by atoms with Crippen LogP contribution in [-0.4, -0.2) is 42.4 Å². The minimum Gasteiger partial charge on any atom is -0.387 e. The molecule has 0 saturated carbocycles. The van der Waals surface area contributed by atoms with Crippen LogP contribution in [0.2, 0.25) is 0 Å². The molecule has 1 aromatic carbocycles. The fourth-order valence-electron chi connectivity index (χ4n) is 3.07. The molecule has 3 aromatic rings. The van der Waals surface area contributed by atoms with E-state index < -0.39 is 6.10 Å². The van der Waals surface area contributed by atoms with Crippen molar-refractivity contribution in [2.45, 2.75) is 26.1 Å². The average molecular weight is 355 g/mol. The number of hydrogen-bond donors (Lipinski definition) is 2. The number of aromatic nitrogens is 4. The fraction of sp³-hybridized carbons (Fsp3) is 0.278. The number of benzene rings is 1. The molecule has 0 saturated heterocycles. The topological polar surface area (TPSA) is 87.0 Å². The third-order valence-corrected chi connectivity index (χ3v) is 4.49. The molecule has 0 unspecified atom stereocenters. The molecule has 2 N–H and O–H groups in total. The average Bonchev–Trinajstić information content (AvgIpc) is 3.28. The van der Waals surface area contributed by atoms with Crippen LogP contribution in [0.1, 0.15) is 34.9 Å². The molecule has 0 fully saturated rings. The number of aromatic amines is 1. The Kier molecular flexibility index (Phi) is 4.04. The monoisotopic (exact) mass is 355 g/mol. The summed E-state index contributed by atoms with van der Waals surface area (Å²) in [6.07, 6.45) is -0.645. The molecule has 8 heteroatoms. The summed E-state index contributed by atoms with van der Waals surface area (Å²) in [5.74, 6) is -0.586. The highest BCUT2D eigenvalue weighted by Gasteiger charge is 2.25. The van der Waals surface area contributed by atoms with E-state index in [1.165, 1.54) is 6.07 Å². The van der Waals surface area contributed by atoms with Crippen LogP contribution < -0.4 is 0 Å². The summed E-state index contributed by atoms with van der Waals surface area (Å²) >= 11 is 0. The zero-order chi connectivity index (χ0) is 18.3. The number of aliphatic hydroxyl groups excluding tert-OH is 1. The molecule has 1 aliphatic rings. The highest BCUT2D eigenvalue weighted by Crippen LogP contribution is 2.23. The van der Waals surface area contributed by atoms with Crippen LogP contribution >= 0.6 is 0 Å². The van der Waals surface area contributed by atoms with Crippen LogP contribution in [-0.2, 0) is 13.1 Å². The van der Waals surface area contributed by atoms with Gasteiger partial charge in [-0.05, 0) is 31.2 Å². The van der Waals surface area contributed by atoms with Crippen molar-refractivity contribution < 1.29 is 14.3 Å². The van der Waals surface area contributed by atoms with Gasteiger partial charge in [0.2, 0.25) is 0 Å². The van der Waals surface area contributed by atoms with Crippen LogP contribution in [0.25, 0.3) is 11.3 Å². The second kappa shape index (κ2) is 6.38. The molecule has 0 spiro atoms. The number of hydrogen-bond acceptors (Lipinski definition) is 4. The van der Waals surface area contributed by atoms with Crippen LogP contribution in [0, 0.1) is 5.82 Å². The maximum absolute atomic E-state index is 13.9. The normalized spacial score (nSPS) is 15.0. The lowest BCUT2D eigenvalue weighted by molar-refractivity contribution is 0.0699. The lowest BCUT2D eigenvalue weighted by atomic mass is 10.1. The van der Waals surface area contributed by atoms with E-state index in [0.29, 0.717) is 42.3 Å². The number of carbonyl (C=O) groups excluding carboxylic acids is 1. The second-order valence-electron chi connectivity index (χ2n) is 6.33. The Balaban J connectivity index is 1.54. The molecule has 1 atom stereocenters. The highest BCUT2D eigenvalue weighted by atomic mass is 19.1. The van der Waals surface area contributed by atoms with Crippen molar-refractivity contribution in [3.05, 3.63) is 59.3 Å². The lowest BCUT2D eigenvalue weighted by Crippen LogP contribution is -2.38. The zero-order valence-electron chi connectivity index (χ0n) is 14.2. The van der Waals surface area contributed by atoms with Crippen LogP contribution in [0.5, 0.6) is 0 Å². The van der Waals surface area contributed by atoms with E-state index >= 15 is 0 Å². The molecular formula is C18H18FN5O2. The zero-order valence-corrected chi connectivity index (χ0v) is 14.2. The van der Waals surface area contributed by atoms with Gasteiger partial charge in [-0.15, -0.1) is 0 Å². The smallest absolute Gasteiger partial charge is 0.272 e. The molecule has 4 rings (SSSR count). The van der Waals surface area contributed by atoms with E-state index in [1.807, 2.05) is 10.7 Å². The van der Waals surface area contributed by atoms with E-state index in [-0.39, 0.29) is 11.7 Å². The third kappa shape index (κ3) is 2.88. The standard InChI is InChI=1S/C18H18FN5O2/c1-11(25)15-8-12-10-23(6-7-24(12)22-15)18(26)17-9-16(20-21-17)13-4-2-3-5-14(13)19/h2-5,8-9,11,25H,6-7,10H2,1H3,(H,20,21)/t11-/m1/s1. The van der Waals surface area contributed by atoms with Crippen molar-refractivity contribution in [1.82, 2.24) is 24.9 Å². The van der Waals surface area contributed by atoms with Gasteiger partial charge >= 0.3 is 0 Å². The number of carbonyl (C=O) groups is 1. The molecular weight excluding hydrogens is 337 g/mol. The van der Waals surface area contributed by atoms with Crippen LogP contribution in [0.3, 0.4) is 0 Å². The molecule has 1 amide bonds. The Morgan fingerprint density at radius 3 is 2.88 bits per heavy atom. The maximum atomic E-state index is 13.9. The number of nitrogens with zero attached hydrogens (tertiary/aromatic N) is 4. The molecule has 1 aliphatic heterocycles. The first-order valence-corrected chi connectivity index (χ1v) is 8.37. The number of aliphatic hydroxyl groups is 1. The largest absolute Gasteiger partial charge is 0.387 e. The van der Waals surface area contributed by atoms with Gasteiger partial charge in [0.15, 0.2) is 0 Å². The quantitative estimate of drug-likeness (QED) is 0.753. The first-order valence-electron chi connectivity index (χ1n) is 8.37. The predicted octanol–water partition coefficient (Wildman–Crippen LogP) is 2.12. The molecule has 3 heterocycles. The Morgan fingerprint density at radius 1 is 1.31 bits per heavy atom. The highest BCUT2D eigenvalue weighted by molar-refractivity contribution is 5.93. The molecule has 2 aromatic heterocycles. The molecule has 0 aliphatic carbocycles. The van der Waals surface area contributed by atoms with Gasteiger partial charge in [0, 0.05) is 12.1 Å². The van der Waals surface area contributed by atoms with Crippen molar-refractivity contribution in [3.8, 4) is 11.3 Å². The van der Waals surface area contributed by atoms with E-state index in [2.05, 4.69) is 15.3 Å². The first-order chi connectivity index (χ1) is 12.5. The van der Waals surface area contributed by atoms with Gasteiger partial charge in [-0.3, -0.25) is 14.6 Å². The first kappa shape index (κ1) is 16.5. The van der Waals surface area contributed by atoms with Gasteiger partial charge < -0.3 is 10.0 Å². The lowest BCUT2D eigenvalue weighted by Gasteiger charge is -2.27. The summed E-state index contributed by atoms with van der Waals surface area (Å²) in [6.45, 7) is 3.11. The number of amides is 1. The predicted molar refractivity (Wildman–Crippen MR) is 91.6 cm³/mol. The Labute approximate surface area is 149 Å². The van der Waals surface area contributed by atoms with Gasteiger partial charge in [-0.2, -0.15) is 10.2 Å². The molecule has 0 radical (unpaired) electrons. The Morgan fingerprint density at radius 2 is 2.12 bits per heavy atom. The second-order valence-corrected chi connectivity index (χ2v) is 6.33. The van der Waals surface area contributed by atoms with Crippen molar-refractivity contribution in [2.24, 2.45) is 0 Å². The SMILES string of the molecule is C[C@@H](O)c1cc2n(n1)CCN(C(=O)c1cc(-c3ccccc3F)n[nH]1)C2. The number of nitrogens with one attached hydrogen (secondary N) is 1. The molecule has 134 valence electrons. The molecule has 7 nitrogen and oxygen atoms in total. The van der Waals surface area contributed by atoms with Crippen LogP contribution in [0.4, 0.5) is 4.39 Å². The van der Waals surface area contributed by atoms with Gasteiger partial charge in [0.05, 0.1) is 36.3 Å². The van der Waals surface area contributed by atoms with E-state index in [4.69, 9.17) is 0 Å². The van der Waals surface area contributed by atoms with E-state index in [0.717, 1.165) is 5.69 Å². The van der Waals surface area contributed by atoms with Gasteiger partial charge in [0.25, 0.3) is 5.91 Å². The summed E-state index contributed by atoms with van der Waals surface area (Å²) in [4.78, 5) is 14.4. The minimum atomic E-state index is -0.645. The molecule has 0 bridgehead atoms. The summed E-state index contributed by atoms with van der Waals surface area (Å²) in [6, 6.07) is 9.68. The van der Waals surface area contributed by atoms with Crippen LogP contribution in [0.15, 0.2) is 36.4 Å². The van der Waals surface area contributed by atoms with Gasteiger partial charge in [-0.1, -0.05) is 12.1 Å². The van der Waals surface area contributed by atoms with Gasteiger partial charge in [0.1, 0.15) is 11.5 Å². The van der Waals surface area contributed by atoms with Crippen molar-refractivity contribution in [3.63, 3.8) is 0 Å². The summed E-state index contributed by atoms with van der Waals surface area (Å²) in [5.41, 5.74) is 2.52. The number of rotatable bonds is 3. The third-order valence-electron chi connectivity index (χ3n) is 4.49. The Bertz CT molecular complexity index is 962. The Hall–Kier alpha value is -3.00. The molecule has 26 heavy (non-hydrogen) atoms. The van der Waals surface area contributed by atoms with Crippen molar-refractivity contribution >= 4 is 5.91 Å². The minimum absolute atomic E-state index is 0.203. The van der Waals surface area contributed by atoms with Gasteiger partial charge in [-0.25, -0.2) is 4.39 Å². The fourth-order valence-corrected chi connectivity index (χ4v) is 3.07. The van der Waals surface area contributed by atoms with E-state index in [1.54, 1.807) is 36.1 Å². The maximum Gasteiger partial charge on any atom is 0.272 e. The summed E-state index contributed by atoms with van der Waals surface area (Å²) < 4.78 is 15.7. The van der Waals surface area contributed by atoms with Crippen molar-refractivity contribution in [2.75, 3.05) is 6.54 Å². The number of H-pyrrole nitrogens is 1. The van der Waals surface area contributed by atoms with Crippen molar-refractivity contribution in [1.29, 1.82) is 0 Å². The summed E-state index contributed by atoms with van der Waals surface area (Å²) in [5, 5.41) is 20.8. The number of halogens is 1. The summed E-state index contributed by atoms with van der Waals surface area (Å²) in [7, 11) is 0.